The number of nitrogen functional groups attached to an aromatic ring is 1. The first-order valence-corrected chi connectivity index (χ1v) is 9.65. The topological polar surface area (TPSA) is 97.8 Å². The molecule has 0 aliphatic carbocycles. The standard InChI is InChI=1S/C23H17N7/c1-13-15-7-3-2-6-14(15)10-11-16(13)19-12-20-27-28-21(22(24)30(20)29-19)23-25-17-8-4-5-9-18(17)26-23/h2-12H,24H2,1H3,(H,25,26). The number of anilines is 1. The summed E-state index contributed by atoms with van der Waals surface area (Å²) in [6.07, 6.45) is 0. The van der Waals surface area contributed by atoms with Crippen LogP contribution in [-0.2, 0) is 0 Å². The number of benzene rings is 3. The number of para-hydroxylation sites is 2. The third-order valence-corrected chi connectivity index (χ3v) is 5.50. The van der Waals surface area contributed by atoms with Crippen LogP contribution in [-0.4, -0.2) is 29.8 Å². The van der Waals surface area contributed by atoms with Crippen molar-refractivity contribution >= 4 is 33.3 Å². The molecule has 0 amide bonds. The van der Waals surface area contributed by atoms with E-state index in [0.717, 1.165) is 22.3 Å². The van der Waals surface area contributed by atoms with Gasteiger partial charge in [0.2, 0.25) is 0 Å². The van der Waals surface area contributed by atoms with Gasteiger partial charge in [-0.1, -0.05) is 48.5 Å². The van der Waals surface area contributed by atoms with Gasteiger partial charge in [0.25, 0.3) is 0 Å². The number of aromatic nitrogens is 6. The summed E-state index contributed by atoms with van der Waals surface area (Å²) in [5, 5.41) is 15.8. The molecule has 0 fully saturated rings. The Labute approximate surface area is 171 Å². The SMILES string of the molecule is Cc1c(-c2cc3nnc(-c4nc5ccccc5[nH]4)c(N)n3n2)ccc2ccccc12. The number of nitrogens with one attached hydrogen (secondary N) is 1. The number of fused-ring (bicyclic) bond motifs is 3. The minimum atomic E-state index is 0.392. The molecule has 3 aromatic carbocycles. The van der Waals surface area contributed by atoms with Crippen molar-refractivity contribution in [1.29, 1.82) is 0 Å². The Kier molecular flexibility index (Phi) is 3.40. The van der Waals surface area contributed by atoms with E-state index in [0.29, 0.717) is 23.0 Å². The van der Waals surface area contributed by atoms with Gasteiger partial charge in [-0.2, -0.15) is 9.61 Å². The summed E-state index contributed by atoms with van der Waals surface area (Å²) in [7, 11) is 0. The van der Waals surface area contributed by atoms with E-state index in [2.05, 4.69) is 51.4 Å². The number of aryl methyl sites for hydroxylation is 1. The number of hydrogen-bond donors (Lipinski definition) is 2. The Morgan fingerprint density at radius 1 is 0.933 bits per heavy atom. The molecule has 6 aromatic rings. The van der Waals surface area contributed by atoms with Crippen LogP contribution in [0.4, 0.5) is 5.82 Å². The monoisotopic (exact) mass is 391 g/mol. The molecule has 3 aromatic heterocycles. The van der Waals surface area contributed by atoms with E-state index in [1.54, 1.807) is 4.52 Å². The van der Waals surface area contributed by atoms with E-state index in [4.69, 9.17) is 10.8 Å². The molecule has 0 spiro atoms. The zero-order valence-electron chi connectivity index (χ0n) is 16.2. The van der Waals surface area contributed by atoms with Crippen LogP contribution in [0.15, 0.2) is 66.7 Å². The largest absolute Gasteiger partial charge is 0.382 e. The van der Waals surface area contributed by atoms with Gasteiger partial charge in [0.1, 0.15) is 0 Å². The van der Waals surface area contributed by atoms with Crippen molar-refractivity contribution in [2.24, 2.45) is 0 Å². The molecule has 0 atom stereocenters. The maximum atomic E-state index is 6.43. The molecule has 0 bridgehead atoms. The molecule has 0 radical (unpaired) electrons. The minimum Gasteiger partial charge on any atom is -0.382 e. The highest BCUT2D eigenvalue weighted by Gasteiger charge is 2.17. The Bertz CT molecular complexity index is 1540. The van der Waals surface area contributed by atoms with Crippen molar-refractivity contribution in [1.82, 2.24) is 29.8 Å². The maximum Gasteiger partial charge on any atom is 0.180 e. The van der Waals surface area contributed by atoms with Gasteiger partial charge in [-0.25, -0.2) is 4.98 Å². The number of imidazole rings is 1. The molecule has 6 rings (SSSR count). The fraction of sp³-hybridized carbons (Fsp3) is 0.0435. The number of aromatic amines is 1. The molecule has 144 valence electrons. The Balaban J connectivity index is 1.52. The first-order chi connectivity index (χ1) is 14.7. The second-order valence-corrected chi connectivity index (χ2v) is 7.30. The second kappa shape index (κ2) is 6.12. The zero-order chi connectivity index (χ0) is 20.2. The van der Waals surface area contributed by atoms with E-state index < -0.39 is 0 Å². The Morgan fingerprint density at radius 3 is 2.67 bits per heavy atom. The molecule has 3 N–H and O–H groups in total. The summed E-state index contributed by atoms with van der Waals surface area (Å²) in [6.45, 7) is 2.11. The van der Waals surface area contributed by atoms with Crippen molar-refractivity contribution in [2.45, 2.75) is 6.92 Å². The Hall–Kier alpha value is -4.26. The van der Waals surface area contributed by atoms with Crippen molar-refractivity contribution in [2.75, 3.05) is 5.73 Å². The van der Waals surface area contributed by atoms with Gasteiger partial charge < -0.3 is 10.7 Å². The van der Waals surface area contributed by atoms with Gasteiger partial charge in [0.05, 0.1) is 16.7 Å². The molecule has 7 heteroatoms. The first-order valence-electron chi connectivity index (χ1n) is 9.65. The number of nitrogens with zero attached hydrogens (tertiary/aromatic N) is 5. The molecule has 0 aliphatic rings. The van der Waals surface area contributed by atoms with Gasteiger partial charge in [-0.05, 0) is 35.4 Å². The normalized spacial score (nSPS) is 11.6. The predicted octanol–water partition coefficient (Wildman–Crippen LogP) is 4.38. The average Bonchev–Trinajstić information content (AvgIpc) is 3.39. The molecule has 0 unspecified atom stereocenters. The zero-order valence-corrected chi connectivity index (χ0v) is 16.2. The lowest BCUT2D eigenvalue weighted by Crippen LogP contribution is -2.06. The summed E-state index contributed by atoms with van der Waals surface area (Å²) in [6, 6.07) is 22.2. The highest BCUT2D eigenvalue weighted by atomic mass is 15.3. The van der Waals surface area contributed by atoms with Crippen LogP contribution in [0, 0.1) is 6.92 Å². The number of hydrogen-bond acceptors (Lipinski definition) is 5. The first kappa shape index (κ1) is 16.7. The fourth-order valence-corrected chi connectivity index (χ4v) is 3.94. The van der Waals surface area contributed by atoms with E-state index >= 15 is 0 Å². The summed E-state index contributed by atoms with van der Waals surface area (Å²) < 4.78 is 1.62. The summed E-state index contributed by atoms with van der Waals surface area (Å²) in [5.41, 5.74) is 12.3. The Morgan fingerprint density at radius 2 is 1.77 bits per heavy atom. The minimum absolute atomic E-state index is 0.392. The smallest absolute Gasteiger partial charge is 0.180 e. The van der Waals surface area contributed by atoms with Crippen molar-refractivity contribution in [3.05, 3.63) is 72.3 Å². The lowest BCUT2D eigenvalue weighted by Gasteiger charge is -2.07. The van der Waals surface area contributed by atoms with Crippen LogP contribution in [0.1, 0.15) is 5.56 Å². The van der Waals surface area contributed by atoms with E-state index in [9.17, 15) is 0 Å². The van der Waals surface area contributed by atoms with E-state index in [1.165, 1.54) is 16.3 Å². The fourth-order valence-electron chi connectivity index (χ4n) is 3.94. The lowest BCUT2D eigenvalue weighted by molar-refractivity contribution is 0.904. The average molecular weight is 391 g/mol. The van der Waals surface area contributed by atoms with Crippen LogP contribution in [0.25, 0.3) is 50.2 Å². The maximum absolute atomic E-state index is 6.43. The van der Waals surface area contributed by atoms with Gasteiger partial charge in [-0.15, -0.1) is 10.2 Å². The summed E-state index contributed by atoms with van der Waals surface area (Å²) in [4.78, 5) is 7.84. The van der Waals surface area contributed by atoms with E-state index in [-0.39, 0.29) is 0 Å². The molecule has 0 saturated carbocycles. The van der Waals surface area contributed by atoms with Gasteiger partial charge in [-0.3, -0.25) is 0 Å². The number of nitrogens with two attached hydrogens (primary N) is 1. The molecule has 3 heterocycles. The molecule has 30 heavy (non-hydrogen) atoms. The molecule has 7 nitrogen and oxygen atoms in total. The van der Waals surface area contributed by atoms with Crippen molar-refractivity contribution in [3.8, 4) is 22.8 Å². The van der Waals surface area contributed by atoms with Crippen molar-refractivity contribution < 1.29 is 0 Å². The highest BCUT2D eigenvalue weighted by molar-refractivity contribution is 5.91. The van der Waals surface area contributed by atoms with Crippen LogP contribution in [0.2, 0.25) is 0 Å². The summed E-state index contributed by atoms with van der Waals surface area (Å²) in [5.74, 6) is 0.964. The van der Waals surface area contributed by atoms with Gasteiger partial charge in [0.15, 0.2) is 23.0 Å². The quantitative estimate of drug-likeness (QED) is 0.456. The van der Waals surface area contributed by atoms with Crippen molar-refractivity contribution in [3.63, 3.8) is 0 Å². The number of H-pyrrole nitrogens is 1. The van der Waals surface area contributed by atoms with Crippen LogP contribution < -0.4 is 5.73 Å². The third-order valence-electron chi connectivity index (χ3n) is 5.50. The molecular formula is C23H17N7. The number of rotatable bonds is 2. The molecule has 0 saturated heterocycles. The van der Waals surface area contributed by atoms with E-state index in [1.807, 2.05) is 42.5 Å². The van der Waals surface area contributed by atoms with Crippen LogP contribution in [0.3, 0.4) is 0 Å². The molecule has 0 aliphatic heterocycles. The lowest BCUT2D eigenvalue weighted by atomic mass is 9.98. The third kappa shape index (κ3) is 2.39. The highest BCUT2D eigenvalue weighted by Crippen LogP contribution is 2.31. The van der Waals surface area contributed by atoms with Gasteiger partial charge in [0, 0.05) is 11.6 Å². The van der Waals surface area contributed by atoms with Crippen LogP contribution in [0.5, 0.6) is 0 Å². The van der Waals surface area contributed by atoms with Gasteiger partial charge >= 0.3 is 0 Å². The summed E-state index contributed by atoms with van der Waals surface area (Å²) >= 11 is 0. The van der Waals surface area contributed by atoms with Crippen LogP contribution >= 0.6 is 0 Å². The molecular weight excluding hydrogens is 374 g/mol. The predicted molar refractivity (Wildman–Crippen MR) is 118 cm³/mol. The second-order valence-electron chi connectivity index (χ2n) is 7.30.